The molecule has 1 N–H and O–H groups in total. The fraction of sp³-hybridized carbons (Fsp3) is 0.105. The van der Waals surface area contributed by atoms with Crippen LogP contribution in [0.4, 0.5) is 0 Å². The molecule has 0 bridgehead atoms. The standard InChI is InChI=1S/C19H12O4/c1-9(19(22)23)14-7-10-3-2-4-13-12-6-5-11(20)8-15(12)17(16(10)13)18(14)21/h2-9H,1H3,(H,22,23). The molecule has 112 valence electrons. The number of fused-ring (bicyclic) bond motifs is 3. The van der Waals surface area contributed by atoms with Gasteiger partial charge in [-0.2, -0.15) is 0 Å². The molecule has 4 nitrogen and oxygen atoms in total. The summed E-state index contributed by atoms with van der Waals surface area (Å²) in [5, 5.41) is 12.9. The van der Waals surface area contributed by atoms with Gasteiger partial charge in [-0.25, -0.2) is 0 Å². The van der Waals surface area contributed by atoms with E-state index in [0.29, 0.717) is 10.4 Å². The largest absolute Gasteiger partial charge is 0.481 e. The predicted molar refractivity (Wildman–Crippen MR) is 86.5 cm³/mol. The molecule has 3 aliphatic rings. The highest BCUT2D eigenvalue weighted by atomic mass is 16.4. The number of hydrogen-bond acceptors (Lipinski definition) is 3. The summed E-state index contributed by atoms with van der Waals surface area (Å²) < 4.78 is 0. The molecule has 0 amide bonds. The third-order valence-electron chi connectivity index (χ3n) is 4.53. The third kappa shape index (κ3) is 1.75. The van der Waals surface area contributed by atoms with E-state index in [9.17, 15) is 19.5 Å². The SMILES string of the molecule is CC(C(=O)O)c1cc2cccc3c4c(c(c1=O)=c23)=CC(=O)C=C4. The van der Waals surface area contributed by atoms with E-state index in [1.807, 2.05) is 18.2 Å². The maximum Gasteiger partial charge on any atom is 0.310 e. The Morgan fingerprint density at radius 2 is 1.91 bits per heavy atom. The van der Waals surface area contributed by atoms with Crippen LogP contribution in [0.25, 0.3) is 22.9 Å². The molecule has 3 aliphatic carbocycles. The molecule has 0 radical (unpaired) electrons. The van der Waals surface area contributed by atoms with E-state index in [4.69, 9.17) is 0 Å². The topological polar surface area (TPSA) is 71.4 Å². The van der Waals surface area contributed by atoms with E-state index in [1.165, 1.54) is 19.1 Å². The lowest BCUT2D eigenvalue weighted by atomic mass is 9.96. The molecule has 0 fully saturated rings. The van der Waals surface area contributed by atoms with Crippen molar-refractivity contribution >= 4 is 34.7 Å². The van der Waals surface area contributed by atoms with E-state index in [0.717, 1.165) is 21.6 Å². The quantitative estimate of drug-likeness (QED) is 0.781. The van der Waals surface area contributed by atoms with Crippen LogP contribution in [0.5, 0.6) is 0 Å². The van der Waals surface area contributed by atoms with Crippen LogP contribution in [0.15, 0.2) is 35.1 Å². The first-order valence-corrected chi connectivity index (χ1v) is 7.30. The zero-order valence-corrected chi connectivity index (χ0v) is 12.3. The van der Waals surface area contributed by atoms with Crippen LogP contribution < -0.4 is 10.6 Å². The molecule has 0 heterocycles. The van der Waals surface area contributed by atoms with Gasteiger partial charge >= 0.3 is 5.97 Å². The van der Waals surface area contributed by atoms with E-state index in [-0.39, 0.29) is 16.8 Å². The second-order valence-corrected chi connectivity index (χ2v) is 5.84. The average molecular weight is 304 g/mol. The maximum absolute atomic E-state index is 12.9. The molecule has 1 unspecified atom stereocenters. The molecule has 0 saturated heterocycles. The number of rotatable bonds is 2. The van der Waals surface area contributed by atoms with Crippen molar-refractivity contribution in [3.8, 4) is 0 Å². The number of carbonyl (C=O) groups is 2. The minimum atomic E-state index is -1.04. The summed E-state index contributed by atoms with van der Waals surface area (Å²) in [6, 6.07) is 7.32. The van der Waals surface area contributed by atoms with Crippen LogP contribution in [0.3, 0.4) is 0 Å². The van der Waals surface area contributed by atoms with Crippen molar-refractivity contribution in [2.75, 3.05) is 0 Å². The summed E-state index contributed by atoms with van der Waals surface area (Å²) in [4.78, 5) is 36.0. The number of carboxylic acid groups (broad SMARTS) is 1. The Morgan fingerprint density at radius 3 is 2.65 bits per heavy atom. The lowest BCUT2D eigenvalue weighted by Crippen LogP contribution is -2.23. The molecule has 0 aromatic heterocycles. The number of aliphatic carboxylic acids is 1. The van der Waals surface area contributed by atoms with Crippen molar-refractivity contribution < 1.29 is 14.7 Å². The van der Waals surface area contributed by atoms with Crippen LogP contribution in [0.1, 0.15) is 24.0 Å². The highest BCUT2D eigenvalue weighted by Crippen LogP contribution is 2.23. The lowest BCUT2D eigenvalue weighted by Gasteiger charge is -2.06. The summed E-state index contributed by atoms with van der Waals surface area (Å²) in [6.45, 7) is 1.50. The average Bonchev–Trinajstić information content (AvgIpc) is 2.85. The van der Waals surface area contributed by atoms with Gasteiger partial charge < -0.3 is 5.11 Å². The zero-order valence-electron chi connectivity index (χ0n) is 12.3. The number of ketones is 1. The summed E-state index contributed by atoms with van der Waals surface area (Å²) in [6.07, 6.45) is 4.67. The van der Waals surface area contributed by atoms with Crippen LogP contribution >= 0.6 is 0 Å². The van der Waals surface area contributed by atoms with Gasteiger partial charge in [0.25, 0.3) is 0 Å². The van der Waals surface area contributed by atoms with Crippen LogP contribution in [0.2, 0.25) is 0 Å². The maximum atomic E-state index is 12.9. The van der Waals surface area contributed by atoms with Crippen molar-refractivity contribution in [3.63, 3.8) is 0 Å². The predicted octanol–water partition coefficient (Wildman–Crippen LogP) is 1.65. The van der Waals surface area contributed by atoms with Gasteiger partial charge in [-0.1, -0.05) is 18.2 Å². The molecule has 1 aromatic rings. The smallest absolute Gasteiger partial charge is 0.310 e. The summed E-state index contributed by atoms with van der Waals surface area (Å²) in [7, 11) is 0. The monoisotopic (exact) mass is 304 g/mol. The van der Waals surface area contributed by atoms with Crippen LogP contribution in [-0.4, -0.2) is 16.9 Å². The Balaban J connectivity index is 2.32. The van der Waals surface area contributed by atoms with Gasteiger partial charge in [0, 0.05) is 16.0 Å². The molecule has 4 heteroatoms. The van der Waals surface area contributed by atoms with Crippen LogP contribution in [0, 0.1) is 10.4 Å². The Labute approximate surface area is 130 Å². The van der Waals surface area contributed by atoms with Gasteiger partial charge in [0.05, 0.1) is 5.92 Å². The number of hydrogen-bond donors (Lipinski definition) is 1. The molecule has 0 spiro atoms. The number of carbonyl (C=O) groups excluding carboxylic acids is 1. The lowest BCUT2D eigenvalue weighted by molar-refractivity contribution is -0.138. The Kier molecular flexibility index (Phi) is 2.66. The normalized spacial score (nSPS) is 14.9. The summed E-state index contributed by atoms with van der Waals surface area (Å²) in [5.41, 5.74) is 0.799. The first-order valence-electron chi connectivity index (χ1n) is 7.30. The molecule has 23 heavy (non-hydrogen) atoms. The molecular weight excluding hydrogens is 292 g/mol. The minimum Gasteiger partial charge on any atom is -0.481 e. The minimum absolute atomic E-state index is 0.166. The van der Waals surface area contributed by atoms with E-state index < -0.39 is 11.9 Å². The molecule has 1 aromatic carbocycles. The van der Waals surface area contributed by atoms with Gasteiger partial charge in [0.2, 0.25) is 0 Å². The second-order valence-electron chi connectivity index (χ2n) is 5.84. The number of carboxylic acids is 1. The van der Waals surface area contributed by atoms with Gasteiger partial charge in [-0.15, -0.1) is 0 Å². The summed E-state index contributed by atoms with van der Waals surface area (Å²) >= 11 is 0. The molecule has 1 atom stereocenters. The van der Waals surface area contributed by atoms with Gasteiger partial charge in [0.1, 0.15) is 0 Å². The van der Waals surface area contributed by atoms with Crippen molar-refractivity contribution in [1.29, 1.82) is 0 Å². The highest BCUT2D eigenvalue weighted by molar-refractivity contribution is 6.17. The van der Waals surface area contributed by atoms with Crippen LogP contribution in [-0.2, 0) is 9.59 Å². The Hall–Kier alpha value is -3.01. The molecule has 0 saturated carbocycles. The summed E-state index contributed by atoms with van der Waals surface area (Å²) in [5.74, 6) is -2.10. The van der Waals surface area contributed by atoms with Crippen molar-refractivity contribution in [1.82, 2.24) is 0 Å². The molecule has 4 rings (SSSR count). The van der Waals surface area contributed by atoms with Crippen molar-refractivity contribution in [2.45, 2.75) is 12.8 Å². The molecular formula is C19H12O4. The highest BCUT2D eigenvalue weighted by Gasteiger charge is 2.21. The number of allylic oxidation sites excluding steroid dienone is 1. The van der Waals surface area contributed by atoms with Gasteiger partial charge in [-0.3, -0.25) is 14.4 Å². The van der Waals surface area contributed by atoms with Gasteiger partial charge in [-0.05, 0) is 52.8 Å². The van der Waals surface area contributed by atoms with Crippen molar-refractivity contribution in [2.24, 2.45) is 0 Å². The Morgan fingerprint density at radius 1 is 1.13 bits per heavy atom. The van der Waals surface area contributed by atoms with Gasteiger partial charge in [0.15, 0.2) is 11.2 Å². The first kappa shape index (κ1) is 13.6. The Bertz CT molecular complexity index is 1190. The first-order chi connectivity index (χ1) is 11.0. The van der Waals surface area contributed by atoms with Crippen molar-refractivity contribution in [3.05, 3.63) is 67.3 Å². The fourth-order valence-electron chi connectivity index (χ4n) is 3.36. The number of benzene rings is 1. The zero-order chi connectivity index (χ0) is 16.3. The van der Waals surface area contributed by atoms with E-state index in [1.54, 1.807) is 12.1 Å². The van der Waals surface area contributed by atoms with E-state index in [2.05, 4.69) is 0 Å². The second kappa shape index (κ2) is 4.49. The van der Waals surface area contributed by atoms with E-state index >= 15 is 0 Å². The molecule has 0 aliphatic heterocycles. The fourth-order valence-corrected chi connectivity index (χ4v) is 3.36. The third-order valence-corrected chi connectivity index (χ3v) is 4.53.